The van der Waals surface area contributed by atoms with Crippen molar-refractivity contribution in [1.82, 2.24) is 4.90 Å². The lowest BCUT2D eigenvalue weighted by Crippen LogP contribution is -2.27. The van der Waals surface area contributed by atoms with Gasteiger partial charge in [0.05, 0.1) is 13.0 Å². The first-order valence-corrected chi connectivity index (χ1v) is 6.67. The minimum absolute atomic E-state index is 0.0605. The fraction of sp³-hybridized carbons (Fsp3) is 0.438. The van der Waals surface area contributed by atoms with E-state index in [-0.39, 0.29) is 12.5 Å². The van der Waals surface area contributed by atoms with Gasteiger partial charge < -0.3 is 14.7 Å². The van der Waals surface area contributed by atoms with Crippen LogP contribution in [0.2, 0.25) is 0 Å². The molecule has 108 valence electrons. The summed E-state index contributed by atoms with van der Waals surface area (Å²) in [4.78, 5) is 13.5. The lowest BCUT2D eigenvalue weighted by atomic mass is 10.1. The third-order valence-corrected chi connectivity index (χ3v) is 2.75. The minimum Gasteiger partial charge on any atom is -0.384 e. The van der Waals surface area contributed by atoms with E-state index >= 15 is 0 Å². The van der Waals surface area contributed by atoms with Crippen LogP contribution < -0.4 is 0 Å². The predicted molar refractivity (Wildman–Crippen MR) is 78.0 cm³/mol. The first-order valence-electron chi connectivity index (χ1n) is 6.67. The Labute approximate surface area is 120 Å². The Morgan fingerprint density at radius 2 is 2.25 bits per heavy atom. The van der Waals surface area contributed by atoms with Gasteiger partial charge in [-0.25, -0.2) is 0 Å². The van der Waals surface area contributed by atoms with Crippen LogP contribution in [0.25, 0.3) is 0 Å². The van der Waals surface area contributed by atoms with E-state index < -0.39 is 0 Å². The van der Waals surface area contributed by atoms with Gasteiger partial charge in [0.2, 0.25) is 5.91 Å². The highest BCUT2D eigenvalue weighted by Gasteiger charge is 2.09. The van der Waals surface area contributed by atoms with Gasteiger partial charge in [-0.05, 0) is 24.6 Å². The van der Waals surface area contributed by atoms with E-state index in [9.17, 15) is 4.79 Å². The molecule has 4 heteroatoms. The predicted octanol–water partition coefficient (Wildman–Crippen LogP) is 1.42. The number of hydrogen-bond donors (Lipinski definition) is 1. The third-order valence-electron chi connectivity index (χ3n) is 2.75. The molecule has 0 heterocycles. The van der Waals surface area contributed by atoms with Crippen LogP contribution >= 0.6 is 0 Å². The van der Waals surface area contributed by atoms with Gasteiger partial charge in [-0.2, -0.15) is 0 Å². The summed E-state index contributed by atoms with van der Waals surface area (Å²) in [5, 5.41) is 8.68. The second-order valence-corrected chi connectivity index (χ2v) is 4.36. The number of amides is 1. The van der Waals surface area contributed by atoms with Crippen LogP contribution in [-0.4, -0.2) is 42.8 Å². The molecule has 0 aliphatic rings. The molecule has 0 aliphatic carbocycles. The fourth-order valence-electron chi connectivity index (χ4n) is 1.75. The number of aliphatic hydroxyl groups excluding tert-OH is 1. The summed E-state index contributed by atoms with van der Waals surface area (Å²) < 4.78 is 5.18. The Kier molecular flexibility index (Phi) is 7.41. The number of carbonyl (C=O) groups excluding carboxylic acids is 1. The van der Waals surface area contributed by atoms with E-state index in [1.165, 1.54) is 0 Å². The second kappa shape index (κ2) is 9.13. The molecule has 0 bridgehead atoms. The van der Waals surface area contributed by atoms with Crippen LogP contribution in [0.3, 0.4) is 0 Å². The molecule has 0 unspecified atom stereocenters. The highest BCUT2D eigenvalue weighted by atomic mass is 16.5. The lowest BCUT2D eigenvalue weighted by Gasteiger charge is -2.17. The molecule has 0 spiro atoms. The molecule has 1 amide bonds. The summed E-state index contributed by atoms with van der Waals surface area (Å²) >= 11 is 0. The smallest absolute Gasteiger partial charge is 0.224 e. The number of benzene rings is 1. The van der Waals surface area contributed by atoms with Crippen LogP contribution in [-0.2, 0) is 16.1 Å². The molecule has 0 aromatic heterocycles. The van der Waals surface area contributed by atoms with Crippen molar-refractivity contribution < 1.29 is 14.6 Å². The number of hydrogen-bond acceptors (Lipinski definition) is 3. The number of ether oxygens (including phenoxy) is 1. The molecule has 0 aliphatic heterocycles. The maximum Gasteiger partial charge on any atom is 0.224 e. The highest BCUT2D eigenvalue weighted by molar-refractivity contribution is 5.75. The summed E-state index contributed by atoms with van der Waals surface area (Å²) in [6, 6.07) is 7.66. The molecular weight excluding hydrogens is 254 g/mol. The molecule has 20 heavy (non-hydrogen) atoms. The number of carbonyl (C=O) groups is 1. The summed E-state index contributed by atoms with van der Waals surface area (Å²) in [6.45, 7) is 3.39. The SMILES string of the molecule is CCOCCC(=O)N(C)Cc1cccc(C#CCO)c1. The van der Waals surface area contributed by atoms with E-state index in [0.717, 1.165) is 11.1 Å². The van der Waals surface area contributed by atoms with E-state index in [1.807, 2.05) is 31.2 Å². The second-order valence-electron chi connectivity index (χ2n) is 4.36. The summed E-state index contributed by atoms with van der Waals surface area (Å²) in [6.07, 6.45) is 0.397. The molecule has 0 atom stereocenters. The van der Waals surface area contributed by atoms with Crippen molar-refractivity contribution in [1.29, 1.82) is 0 Å². The van der Waals surface area contributed by atoms with Gasteiger partial charge in [-0.3, -0.25) is 4.79 Å². The van der Waals surface area contributed by atoms with E-state index in [1.54, 1.807) is 11.9 Å². The van der Waals surface area contributed by atoms with Gasteiger partial charge in [0, 0.05) is 25.8 Å². The van der Waals surface area contributed by atoms with Crippen molar-refractivity contribution in [3.05, 3.63) is 35.4 Å². The molecule has 0 saturated carbocycles. The maximum absolute atomic E-state index is 11.9. The van der Waals surface area contributed by atoms with Crippen LogP contribution in [0.15, 0.2) is 24.3 Å². The normalized spacial score (nSPS) is 9.75. The maximum atomic E-state index is 11.9. The molecule has 1 aromatic rings. The molecule has 0 radical (unpaired) electrons. The van der Waals surface area contributed by atoms with E-state index in [2.05, 4.69) is 11.8 Å². The van der Waals surface area contributed by atoms with Crippen LogP contribution in [0.5, 0.6) is 0 Å². The Morgan fingerprint density at radius 3 is 2.95 bits per heavy atom. The molecule has 0 fully saturated rings. The average molecular weight is 275 g/mol. The highest BCUT2D eigenvalue weighted by Crippen LogP contribution is 2.07. The van der Waals surface area contributed by atoms with Gasteiger partial charge in [0.1, 0.15) is 6.61 Å². The number of nitrogens with zero attached hydrogens (tertiary/aromatic N) is 1. The monoisotopic (exact) mass is 275 g/mol. The van der Waals surface area contributed by atoms with Gasteiger partial charge in [0.15, 0.2) is 0 Å². The lowest BCUT2D eigenvalue weighted by molar-refractivity contribution is -0.131. The van der Waals surface area contributed by atoms with E-state index in [4.69, 9.17) is 9.84 Å². The first kappa shape index (κ1) is 16.2. The first-order chi connectivity index (χ1) is 9.67. The average Bonchev–Trinajstić information content (AvgIpc) is 2.45. The zero-order valence-electron chi connectivity index (χ0n) is 12.1. The molecule has 1 N–H and O–H groups in total. The van der Waals surface area contributed by atoms with Crippen molar-refractivity contribution in [2.45, 2.75) is 19.9 Å². The standard InChI is InChI=1S/C16H21NO3/c1-3-20-11-9-16(19)17(2)13-15-7-4-6-14(12-15)8-5-10-18/h4,6-7,12,18H,3,9-11,13H2,1-2H3. The number of rotatable bonds is 6. The Balaban J connectivity index is 2.56. The Hall–Kier alpha value is -1.83. The van der Waals surface area contributed by atoms with Gasteiger partial charge >= 0.3 is 0 Å². The molecule has 4 nitrogen and oxygen atoms in total. The summed E-state index contributed by atoms with van der Waals surface area (Å²) in [7, 11) is 1.78. The van der Waals surface area contributed by atoms with Crippen LogP contribution in [0.4, 0.5) is 0 Å². The zero-order chi connectivity index (χ0) is 14.8. The number of aliphatic hydroxyl groups is 1. The molecule has 0 saturated heterocycles. The Bertz CT molecular complexity index is 488. The van der Waals surface area contributed by atoms with Gasteiger partial charge in [-0.1, -0.05) is 24.0 Å². The molecular formula is C16H21NO3. The van der Waals surface area contributed by atoms with Crippen molar-refractivity contribution in [2.75, 3.05) is 26.9 Å². The van der Waals surface area contributed by atoms with E-state index in [0.29, 0.717) is 26.2 Å². The van der Waals surface area contributed by atoms with Crippen molar-refractivity contribution in [3.63, 3.8) is 0 Å². The minimum atomic E-state index is -0.153. The fourth-order valence-corrected chi connectivity index (χ4v) is 1.75. The summed E-state index contributed by atoms with van der Waals surface area (Å²) in [5.74, 6) is 5.53. The summed E-state index contributed by atoms with van der Waals surface area (Å²) in [5.41, 5.74) is 1.86. The quantitative estimate of drug-likeness (QED) is 0.631. The molecule has 1 rings (SSSR count). The Morgan fingerprint density at radius 1 is 1.45 bits per heavy atom. The van der Waals surface area contributed by atoms with Crippen LogP contribution in [0.1, 0.15) is 24.5 Å². The van der Waals surface area contributed by atoms with Gasteiger partial charge in [0.25, 0.3) is 0 Å². The van der Waals surface area contributed by atoms with Crippen LogP contribution in [0, 0.1) is 11.8 Å². The molecule has 1 aromatic carbocycles. The largest absolute Gasteiger partial charge is 0.384 e. The van der Waals surface area contributed by atoms with Crippen molar-refractivity contribution in [2.24, 2.45) is 0 Å². The topological polar surface area (TPSA) is 49.8 Å². The zero-order valence-corrected chi connectivity index (χ0v) is 12.1. The van der Waals surface area contributed by atoms with Gasteiger partial charge in [-0.15, -0.1) is 0 Å². The third kappa shape index (κ3) is 5.87. The van der Waals surface area contributed by atoms with Crippen molar-refractivity contribution >= 4 is 5.91 Å². The van der Waals surface area contributed by atoms with Crippen molar-refractivity contribution in [3.8, 4) is 11.8 Å².